The number of hydrogen-bond acceptors (Lipinski definition) is 2. The minimum Gasteiger partial charge on any atom is -0.396 e. The van der Waals surface area contributed by atoms with Crippen molar-refractivity contribution in [3.05, 3.63) is 34.1 Å². The molecule has 2 nitrogen and oxygen atoms in total. The summed E-state index contributed by atoms with van der Waals surface area (Å²) in [6.45, 7) is 0.0866. The average molecular weight is 299 g/mol. The molecule has 0 unspecified atom stereocenters. The van der Waals surface area contributed by atoms with Gasteiger partial charge < -0.3 is 10.8 Å². The number of benzene rings is 1. The highest BCUT2D eigenvalue weighted by Gasteiger charge is 2.11. The van der Waals surface area contributed by atoms with Gasteiger partial charge in [0.2, 0.25) is 0 Å². The molecule has 0 amide bonds. The molecule has 0 aliphatic carbocycles. The van der Waals surface area contributed by atoms with E-state index in [2.05, 4.69) is 15.9 Å². The van der Waals surface area contributed by atoms with Crippen molar-refractivity contribution in [3.8, 4) is 0 Å². The standard InChI is InChI=1S/C10H13BrFNO.ClH/c11-7-3-4-9(12)8(6-7)10(13)2-1-5-14;/h3-4,6,10,14H,1-2,5,13H2;1H/t10-;/m1./s1. The zero-order chi connectivity index (χ0) is 10.6. The molecule has 0 radical (unpaired) electrons. The Balaban J connectivity index is 0.00000196. The predicted octanol–water partition coefficient (Wildman–Crippen LogP) is 2.78. The molecule has 5 heteroatoms. The summed E-state index contributed by atoms with van der Waals surface area (Å²) < 4.78 is 14.1. The van der Waals surface area contributed by atoms with Gasteiger partial charge in [-0.05, 0) is 31.0 Å². The maximum atomic E-state index is 13.3. The van der Waals surface area contributed by atoms with E-state index in [0.29, 0.717) is 18.4 Å². The molecule has 0 saturated carbocycles. The van der Waals surface area contributed by atoms with E-state index in [9.17, 15) is 4.39 Å². The van der Waals surface area contributed by atoms with E-state index < -0.39 is 0 Å². The first-order valence-electron chi connectivity index (χ1n) is 4.46. The van der Waals surface area contributed by atoms with Crippen molar-refractivity contribution in [2.75, 3.05) is 6.61 Å². The molecule has 15 heavy (non-hydrogen) atoms. The first kappa shape index (κ1) is 14.8. The van der Waals surface area contributed by atoms with Crippen LogP contribution in [0.3, 0.4) is 0 Å². The van der Waals surface area contributed by atoms with Crippen molar-refractivity contribution < 1.29 is 9.50 Å². The van der Waals surface area contributed by atoms with Crippen molar-refractivity contribution in [1.29, 1.82) is 0 Å². The molecule has 1 atom stereocenters. The highest BCUT2D eigenvalue weighted by molar-refractivity contribution is 9.10. The molecule has 0 spiro atoms. The third-order valence-electron chi connectivity index (χ3n) is 2.03. The van der Waals surface area contributed by atoms with Gasteiger partial charge in [0.1, 0.15) is 5.82 Å². The molecule has 1 rings (SSSR count). The molecule has 1 aromatic carbocycles. The molecule has 0 fully saturated rings. The fourth-order valence-corrected chi connectivity index (χ4v) is 1.64. The van der Waals surface area contributed by atoms with Crippen LogP contribution in [-0.2, 0) is 0 Å². The Morgan fingerprint density at radius 2 is 2.13 bits per heavy atom. The second kappa shape index (κ2) is 7.17. The Bertz CT molecular complexity index is 311. The predicted molar refractivity (Wildman–Crippen MR) is 64.6 cm³/mol. The van der Waals surface area contributed by atoms with Crippen LogP contribution < -0.4 is 5.73 Å². The molecular formula is C10H14BrClFNO. The minimum absolute atomic E-state index is 0. The summed E-state index contributed by atoms with van der Waals surface area (Å²) in [5.74, 6) is -0.293. The summed E-state index contributed by atoms with van der Waals surface area (Å²) in [5, 5.41) is 8.63. The van der Waals surface area contributed by atoms with Gasteiger partial charge in [-0.15, -0.1) is 12.4 Å². The summed E-state index contributed by atoms with van der Waals surface area (Å²) in [7, 11) is 0. The number of nitrogens with two attached hydrogens (primary N) is 1. The Kier molecular flexibility index (Phi) is 7.09. The van der Waals surface area contributed by atoms with E-state index in [-0.39, 0.29) is 30.9 Å². The third kappa shape index (κ3) is 4.47. The first-order valence-corrected chi connectivity index (χ1v) is 5.26. The lowest BCUT2D eigenvalue weighted by molar-refractivity contribution is 0.279. The van der Waals surface area contributed by atoms with Crippen molar-refractivity contribution >= 4 is 28.3 Å². The second-order valence-electron chi connectivity index (χ2n) is 3.14. The fraction of sp³-hybridized carbons (Fsp3) is 0.400. The van der Waals surface area contributed by atoms with E-state index in [1.807, 2.05) is 0 Å². The van der Waals surface area contributed by atoms with Crippen LogP contribution in [0.1, 0.15) is 24.4 Å². The quantitative estimate of drug-likeness (QED) is 0.898. The van der Waals surface area contributed by atoms with Crippen LogP contribution in [0.5, 0.6) is 0 Å². The molecule has 1 aromatic rings. The smallest absolute Gasteiger partial charge is 0.128 e. The van der Waals surface area contributed by atoms with Crippen LogP contribution in [-0.4, -0.2) is 11.7 Å². The number of aliphatic hydroxyl groups excluding tert-OH is 1. The number of aliphatic hydroxyl groups is 1. The van der Waals surface area contributed by atoms with Crippen molar-refractivity contribution in [2.45, 2.75) is 18.9 Å². The monoisotopic (exact) mass is 297 g/mol. The van der Waals surface area contributed by atoms with Gasteiger partial charge in [-0.3, -0.25) is 0 Å². The zero-order valence-electron chi connectivity index (χ0n) is 8.12. The molecular weight excluding hydrogens is 284 g/mol. The second-order valence-corrected chi connectivity index (χ2v) is 4.05. The Morgan fingerprint density at radius 1 is 1.47 bits per heavy atom. The van der Waals surface area contributed by atoms with Gasteiger partial charge in [-0.2, -0.15) is 0 Å². The van der Waals surface area contributed by atoms with Crippen molar-refractivity contribution in [1.82, 2.24) is 0 Å². The maximum Gasteiger partial charge on any atom is 0.128 e. The molecule has 0 heterocycles. The van der Waals surface area contributed by atoms with E-state index in [4.69, 9.17) is 10.8 Å². The fourth-order valence-electron chi connectivity index (χ4n) is 1.27. The molecule has 3 N–H and O–H groups in total. The van der Waals surface area contributed by atoms with Gasteiger partial charge in [0.15, 0.2) is 0 Å². The van der Waals surface area contributed by atoms with Gasteiger partial charge in [0, 0.05) is 22.7 Å². The number of halogens is 3. The van der Waals surface area contributed by atoms with E-state index >= 15 is 0 Å². The van der Waals surface area contributed by atoms with Crippen molar-refractivity contribution in [3.63, 3.8) is 0 Å². The lowest BCUT2D eigenvalue weighted by Gasteiger charge is -2.12. The van der Waals surface area contributed by atoms with Crippen LogP contribution in [0.25, 0.3) is 0 Å². The highest BCUT2D eigenvalue weighted by Crippen LogP contribution is 2.22. The van der Waals surface area contributed by atoms with Crippen LogP contribution in [0.4, 0.5) is 4.39 Å². The Labute approximate surface area is 103 Å². The largest absolute Gasteiger partial charge is 0.396 e. The summed E-state index contributed by atoms with van der Waals surface area (Å²) in [6, 6.07) is 4.35. The first-order chi connectivity index (χ1) is 6.65. The summed E-state index contributed by atoms with van der Waals surface area (Å²) in [4.78, 5) is 0. The summed E-state index contributed by atoms with van der Waals surface area (Å²) in [5.41, 5.74) is 6.27. The van der Waals surface area contributed by atoms with Crippen LogP contribution in [0, 0.1) is 5.82 Å². The molecule has 0 aromatic heterocycles. The lowest BCUT2D eigenvalue weighted by Crippen LogP contribution is -2.12. The topological polar surface area (TPSA) is 46.2 Å². The summed E-state index contributed by atoms with van der Waals surface area (Å²) in [6.07, 6.45) is 1.18. The van der Waals surface area contributed by atoms with E-state index in [1.54, 1.807) is 12.1 Å². The van der Waals surface area contributed by atoms with Crippen LogP contribution in [0.15, 0.2) is 22.7 Å². The lowest BCUT2D eigenvalue weighted by atomic mass is 10.0. The van der Waals surface area contributed by atoms with Crippen LogP contribution in [0.2, 0.25) is 0 Å². The van der Waals surface area contributed by atoms with E-state index in [1.165, 1.54) is 6.07 Å². The van der Waals surface area contributed by atoms with E-state index in [0.717, 1.165) is 4.47 Å². The third-order valence-corrected chi connectivity index (χ3v) is 2.52. The minimum atomic E-state index is -0.348. The zero-order valence-corrected chi connectivity index (χ0v) is 10.5. The molecule has 86 valence electrons. The SMILES string of the molecule is Cl.N[C@H](CCCO)c1cc(Br)ccc1F. The average Bonchev–Trinajstić information content (AvgIpc) is 2.18. The molecule has 0 aliphatic rings. The Morgan fingerprint density at radius 3 is 2.73 bits per heavy atom. The van der Waals surface area contributed by atoms with Crippen LogP contribution >= 0.6 is 28.3 Å². The number of rotatable bonds is 4. The summed E-state index contributed by atoms with van der Waals surface area (Å²) >= 11 is 3.26. The normalized spacial score (nSPS) is 12.0. The van der Waals surface area contributed by atoms with Gasteiger partial charge >= 0.3 is 0 Å². The molecule has 0 saturated heterocycles. The van der Waals surface area contributed by atoms with Gasteiger partial charge in [0.05, 0.1) is 0 Å². The highest BCUT2D eigenvalue weighted by atomic mass is 79.9. The van der Waals surface area contributed by atoms with Crippen molar-refractivity contribution in [2.24, 2.45) is 5.73 Å². The van der Waals surface area contributed by atoms with Gasteiger partial charge in [-0.1, -0.05) is 15.9 Å². The number of hydrogen-bond donors (Lipinski definition) is 2. The molecule has 0 aliphatic heterocycles. The Hall–Kier alpha value is -0.160. The van der Waals surface area contributed by atoms with Gasteiger partial charge in [-0.25, -0.2) is 4.39 Å². The van der Waals surface area contributed by atoms with Gasteiger partial charge in [0.25, 0.3) is 0 Å². The molecule has 0 bridgehead atoms. The maximum absolute atomic E-state index is 13.3.